The summed E-state index contributed by atoms with van der Waals surface area (Å²) >= 11 is 0. The van der Waals surface area contributed by atoms with E-state index in [0.717, 1.165) is 5.47 Å². The molecule has 2 rings (SSSR count). The second kappa shape index (κ2) is 4.50. The van der Waals surface area contributed by atoms with E-state index in [4.69, 9.17) is 7.85 Å². The van der Waals surface area contributed by atoms with Crippen molar-refractivity contribution in [2.24, 2.45) is 0 Å². The third-order valence-electron chi connectivity index (χ3n) is 2.73. The standard InChI is InChI=1S/C11H11B.C2H6/c1-7-9-5-3-4-6-10(9)8(2)11(7)12;1-2/h3-7H,1-2H3;1-2H3. The quantitative estimate of drug-likeness (QED) is 0.539. The van der Waals surface area contributed by atoms with Crippen LogP contribution in [0.3, 0.4) is 0 Å². The molecular formula is C13H17B. The van der Waals surface area contributed by atoms with Gasteiger partial charge in [0.05, 0.1) is 0 Å². The van der Waals surface area contributed by atoms with Gasteiger partial charge in [0, 0.05) is 0 Å². The van der Waals surface area contributed by atoms with Gasteiger partial charge in [-0.15, -0.1) is 5.47 Å². The summed E-state index contributed by atoms with van der Waals surface area (Å²) in [6, 6.07) is 8.43. The van der Waals surface area contributed by atoms with Gasteiger partial charge in [-0.25, -0.2) is 0 Å². The zero-order valence-electron chi connectivity index (χ0n) is 9.46. The number of allylic oxidation sites excluding steroid dienone is 2. The molecule has 1 atom stereocenters. The lowest BCUT2D eigenvalue weighted by Gasteiger charge is -2.05. The molecule has 1 unspecified atom stereocenters. The molecular weight excluding hydrogens is 167 g/mol. The van der Waals surface area contributed by atoms with Crippen molar-refractivity contribution in [3.05, 3.63) is 40.9 Å². The highest BCUT2D eigenvalue weighted by Gasteiger charge is 2.20. The summed E-state index contributed by atoms with van der Waals surface area (Å²) in [5, 5.41) is 0. The van der Waals surface area contributed by atoms with Crippen LogP contribution in [0.4, 0.5) is 0 Å². The smallest absolute Gasteiger partial charge is 0.107 e. The molecule has 72 valence electrons. The summed E-state index contributed by atoms with van der Waals surface area (Å²) in [7, 11) is 5.95. The maximum Gasteiger partial charge on any atom is 0.109 e. The first-order valence-corrected chi connectivity index (χ1v) is 5.27. The molecule has 1 aliphatic rings. The van der Waals surface area contributed by atoms with Crippen LogP contribution in [0.1, 0.15) is 44.7 Å². The first kappa shape index (κ1) is 11.1. The molecule has 1 aliphatic carbocycles. The maximum atomic E-state index is 5.95. The van der Waals surface area contributed by atoms with Gasteiger partial charge in [0.2, 0.25) is 0 Å². The summed E-state index contributed by atoms with van der Waals surface area (Å²) in [5.74, 6) is 0.404. The SMILES string of the molecule is CC.[B]C1=C(C)c2ccccc2C1C. The van der Waals surface area contributed by atoms with E-state index in [1.807, 2.05) is 13.8 Å². The Morgan fingerprint density at radius 2 is 1.71 bits per heavy atom. The zero-order chi connectivity index (χ0) is 10.7. The zero-order valence-corrected chi connectivity index (χ0v) is 9.46. The van der Waals surface area contributed by atoms with Crippen LogP contribution in [0.15, 0.2) is 29.7 Å². The minimum Gasteiger partial charge on any atom is -0.107 e. The van der Waals surface area contributed by atoms with Gasteiger partial charge in [0.15, 0.2) is 0 Å². The van der Waals surface area contributed by atoms with E-state index < -0.39 is 0 Å². The van der Waals surface area contributed by atoms with Crippen LogP contribution < -0.4 is 0 Å². The molecule has 2 radical (unpaired) electrons. The first-order valence-electron chi connectivity index (χ1n) is 5.27. The number of fused-ring (bicyclic) bond motifs is 1. The minimum absolute atomic E-state index is 0.404. The lowest BCUT2D eigenvalue weighted by molar-refractivity contribution is 0.971. The van der Waals surface area contributed by atoms with Gasteiger partial charge in [-0.2, -0.15) is 0 Å². The molecule has 0 saturated heterocycles. The topological polar surface area (TPSA) is 0 Å². The molecule has 0 saturated carbocycles. The maximum absolute atomic E-state index is 5.95. The molecule has 0 spiro atoms. The Labute approximate surface area is 88.4 Å². The van der Waals surface area contributed by atoms with Crippen LogP contribution in [-0.4, -0.2) is 7.85 Å². The molecule has 1 aromatic rings. The van der Waals surface area contributed by atoms with Gasteiger partial charge in [-0.05, 0) is 24.0 Å². The van der Waals surface area contributed by atoms with E-state index in [9.17, 15) is 0 Å². The molecule has 0 N–H and O–H groups in total. The van der Waals surface area contributed by atoms with E-state index in [0.29, 0.717) is 5.92 Å². The second-order valence-corrected chi connectivity index (χ2v) is 3.39. The molecule has 0 aromatic heterocycles. The Morgan fingerprint density at radius 3 is 2.29 bits per heavy atom. The van der Waals surface area contributed by atoms with E-state index >= 15 is 0 Å². The number of rotatable bonds is 0. The Hall–Kier alpha value is -0.975. The number of hydrogen-bond acceptors (Lipinski definition) is 0. The van der Waals surface area contributed by atoms with Gasteiger partial charge in [-0.3, -0.25) is 0 Å². The Morgan fingerprint density at radius 1 is 1.14 bits per heavy atom. The van der Waals surface area contributed by atoms with Crippen LogP contribution in [0.2, 0.25) is 0 Å². The highest BCUT2D eigenvalue weighted by molar-refractivity contribution is 6.27. The van der Waals surface area contributed by atoms with Gasteiger partial charge in [0.1, 0.15) is 7.85 Å². The van der Waals surface area contributed by atoms with Crippen LogP contribution in [-0.2, 0) is 0 Å². The molecule has 1 aromatic carbocycles. The van der Waals surface area contributed by atoms with Crippen molar-refractivity contribution in [2.75, 3.05) is 0 Å². The molecule has 0 heterocycles. The lowest BCUT2D eigenvalue weighted by Crippen LogP contribution is -1.91. The predicted molar refractivity (Wildman–Crippen MR) is 64.6 cm³/mol. The third kappa shape index (κ3) is 1.64. The molecule has 1 heteroatoms. The van der Waals surface area contributed by atoms with Crippen LogP contribution in [0.5, 0.6) is 0 Å². The molecule has 0 fully saturated rings. The monoisotopic (exact) mass is 184 g/mol. The van der Waals surface area contributed by atoms with Crippen LogP contribution in [0, 0.1) is 0 Å². The van der Waals surface area contributed by atoms with Gasteiger partial charge < -0.3 is 0 Å². The normalized spacial score (nSPS) is 18.7. The van der Waals surface area contributed by atoms with Crippen LogP contribution >= 0.6 is 0 Å². The van der Waals surface area contributed by atoms with Crippen molar-refractivity contribution >= 4 is 13.4 Å². The van der Waals surface area contributed by atoms with Gasteiger partial charge in [0.25, 0.3) is 0 Å². The summed E-state index contributed by atoms with van der Waals surface area (Å²) in [6.07, 6.45) is 0. The van der Waals surface area contributed by atoms with Crippen molar-refractivity contribution in [3.63, 3.8) is 0 Å². The summed E-state index contributed by atoms with van der Waals surface area (Å²) < 4.78 is 0. The van der Waals surface area contributed by atoms with Crippen molar-refractivity contribution in [1.29, 1.82) is 0 Å². The van der Waals surface area contributed by atoms with Crippen molar-refractivity contribution in [1.82, 2.24) is 0 Å². The Bertz CT molecular complexity index is 350. The fraction of sp³-hybridized carbons (Fsp3) is 0.385. The first-order chi connectivity index (χ1) is 6.72. The number of benzene rings is 1. The fourth-order valence-corrected chi connectivity index (χ4v) is 1.86. The van der Waals surface area contributed by atoms with E-state index in [-0.39, 0.29) is 0 Å². The van der Waals surface area contributed by atoms with Gasteiger partial charge in [-0.1, -0.05) is 50.6 Å². The average Bonchev–Trinajstić information content (AvgIpc) is 2.48. The molecule has 0 bridgehead atoms. The average molecular weight is 184 g/mol. The molecule has 0 amide bonds. The van der Waals surface area contributed by atoms with Crippen molar-refractivity contribution < 1.29 is 0 Å². The van der Waals surface area contributed by atoms with Crippen LogP contribution in [0.25, 0.3) is 5.57 Å². The van der Waals surface area contributed by atoms with E-state index in [2.05, 4.69) is 38.1 Å². The lowest BCUT2D eigenvalue weighted by atomic mass is 9.84. The largest absolute Gasteiger partial charge is 0.109 e. The second-order valence-electron chi connectivity index (χ2n) is 3.39. The predicted octanol–water partition coefficient (Wildman–Crippen LogP) is 3.73. The summed E-state index contributed by atoms with van der Waals surface area (Å²) in [5.41, 5.74) is 4.96. The Balaban J connectivity index is 0.000000461. The highest BCUT2D eigenvalue weighted by Crippen LogP contribution is 2.39. The third-order valence-corrected chi connectivity index (χ3v) is 2.73. The molecule has 0 nitrogen and oxygen atoms in total. The van der Waals surface area contributed by atoms with Crippen molar-refractivity contribution in [3.8, 4) is 0 Å². The fourth-order valence-electron chi connectivity index (χ4n) is 1.86. The Kier molecular flexibility index (Phi) is 3.57. The number of hydrogen-bond donors (Lipinski definition) is 0. The van der Waals surface area contributed by atoms with Gasteiger partial charge >= 0.3 is 0 Å². The van der Waals surface area contributed by atoms with E-state index in [1.54, 1.807) is 0 Å². The van der Waals surface area contributed by atoms with E-state index in [1.165, 1.54) is 16.7 Å². The molecule has 0 aliphatic heterocycles. The van der Waals surface area contributed by atoms with Crippen molar-refractivity contribution in [2.45, 2.75) is 33.6 Å². The summed E-state index contributed by atoms with van der Waals surface area (Å²) in [4.78, 5) is 0. The minimum atomic E-state index is 0.404. The summed E-state index contributed by atoms with van der Waals surface area (Å²) in [6.45, 7) is 8.25. The highest BCUT2D eigenvalue weighted by atomic mass is 14.2. The molecule has 14 heavy (non-hydrogen) atoms.